The van der Waals surface area contributed by atoms with E-state index in [9.17, 15) is 5.11 Å². The molecule has 0 radical (unpaired) electrons. The van der Waals surface area contributed by atoms with E-state index < -0.39 is 6.10 Å². The van der Waals surface area contributed by atoms with E-state index >= 15 is 0 Å². The van der Waals surface area contributed by atoms with Crippen LogP contribution in [0.25, 0.3) is 10.8 Å². The molecule has 2 atom stereocenters. The van der Waals surface area contributed by atoms with Crippen molar-refractivity contribution in [3.63, 3.8) is 0 Å². The summed E-state index contributed by atoms with van der Waals surface area (Å²) in [4.78, 5) is 2.18. The summed E-state index contributed by atoms with van der Waals surface area (Å²) in [6.45, 7) is 0.928. The average Bonchev–Trinajstić information content (AvgIpc) is 3.14. The maximum Gasteiger partial charge on any atom is 0.105 e. The van der Waals surface area contributed by atoms with Crippen LogP contribution in [0.1, 0.15) is 28.7 Å². The van der Waals surface area contributed by atoms with Crippen molar-refractivity contribution in [2.24, 2.45) is 0 Å². The fourth-order valence-corrected chi connectivity index (χ4v) is 3.94. The van der Waals surface area contributed by atoms with Gasteiger partial charge < -0.3 is 10.0 Å². The highest BCUT2D eigenvalue weighted by Crippen LogP contribution is 2.38. The molecule has 0 saturated heterocycles. The van der Waals surface area contributed by atoms with E-state index in [2.05, 4.69) is 61.5 Å². The van der Waals surface area contributed by atoms with Gasteiger partial charge in [0.25, 0.3) is 0 Å². The van der Waals surface area contributed by atoms with Gasteiger partial charge in [0, 0.05) is 12.5 Å². The van der Waals surface area contributed by atoms with Gasteiger partial charge in [0.15, 0.2) is 0 Å². The fraction of sp³-hybridized carbons (Fsp3) is 0.200. The Morgan fingerprint density at radius 2 is 1.67 bits per heavy atom. The Morgan fingerprint density at radius 1 is 0.926 bits per heavy atom. The van der Waals surface area contributed by atoms with Crippen molar-refractivity contribution in [2.45, 2.75) is 12.0 Å². The lowest BCUT2D eigenvalue weighted by Crippen LogP contribution is -2.13. The topological polar surface area (TPSA) is 23.5 Å². The lowest BCUT2D eigenvalue weighted by molar-refractivity contribution is 0.220. The maximum atomic E-state index is 11.3. The summed E-state index contributed by atoms with van der Waals surface area (Å²) in [5.41, 5.74) is 4.43. The Balaban J connectivity index is 1.84. The molecule has 1 N–H and O–H groups in total. The molecule has 27 heavy (non-hydrogen) atoms. The molecule has 1 aliphatic rings. The Morgan fingerprint density at radius 3 is 2.44 bits per heavy atom. The summed E-state index contributed by atoms with van der Waals surface area (Å²) in [5, 5.41) is 13.6. The van der Waals surface area contributed by atoms with Crippen LogP contribution < -0.4 is 0 Å². The molecule has 3 aromatic carbocycles. The maximum absolute atomic E-state index is 11.3. The number of aliphatic hydroxyl groups is 1. The second-order valence-corrected chi connectivity index (χ2v) is 7.47. The normalized spacial score (nSPS) is 17.5. The zero-order valence-corrected chi connectivity index (χ0v) is 15.8. The van der Waals surface area contributed by atoms with Gasteiger partial charge in [0.2, 0.25) is 0 Å². The first-order valence-electron chi connectivity index (χ1n) is 9.41. The van der Waals surface area contributed by atoms with E-state index in [0.717, 1.165) is 28.4 Å². The molecule has 1 aliphatic carbocycles. The quantitative estimate of drug-likeness (QED) is 0.691. The first-order valence-corrected chi connectivity index (χ1v) is 9.41. The highest BCUT2D eigenvalue weighted by molar-refractivity contribution is 5.88. The SMILES string of the molecule is CN(C)CC1=CC(c2ccc3ccccc3c2C(O)c2ccccc2)C=C1. The third-order valence-electron chi connectivity index (χ3n) is 5.16. The van der Waals surface area contributed by atoms with Crippen LogP contribution in [0.15, 0.2) is 90.5 Å². The Bertz CT molecular complexity index is 1000. The van der Waals surface area contributed by atoms with Crippen LogP contribution in [0.4, 0.5) is 0 Å². The number of likely N-dealkylation sites (N-methyl/N-ethyl adjacent to an activating group) is 1. The molecule has 0 spiro atoms. The van der Waals surface area contributed by atoms with Crippen LogP contribution in [-0.2, 0) is 0 Å². The predicted molar refractivity (Wildman–Crippen MR) is 113 cm³/mol. The number of benzene rings is 3. The summed E-state index contributed by atoms with van der Waals surface area (Å²) in [6, 6.07) is 22.6. The molecular weight excluding hydrogens is 330 g/mol. The molecule has 2 heteroatoms. The number of aliphatic hydroxyl groups excluding tert-OH is 1. The van der Waals surface area contributed by atoms with Gasteiger partial charge in [-0.25, -0.2) is 0 Å². The molecule has 0 fully saturated rings. The van der Waals surface area contributed by atoms with Crippen molar-refractivity contribution in [3.05, 3.63) is 107 Å². The van der Waals surface area contributed by atoms with E-state index in [4.69, 9.17) is 0 Å². The number of allylic oxidation sites excluding steroid dienone is 2. The summed E-state index contributed by atoms with van der Waals surface area (Å²) >= 11 is 0. The second kappa shape index (κ2) is 7.51. The molecule has 0 aliphatic heterocycles. The molecule has 0 aromatic heterocycles. The monoisotopic (exact) mass is 355 g/mol. The van der Waals surface area contributed by atoms with Gasteiger partial charge in [-0.15, -0.1) is 0 Å². The second-order valence-electron chi connectivity index (χ2n) is 7.47. The van der Waals surface area contributed by atoms with Crippen LogP contribution in [0, 0.1) is 0 Å². The standard InChI is InChI=1S/C25H25NO/c1-26(2)17-18-12-13-21(16-18)23-15-14-19-8-6-7-11-22(19)24(23)25(27)20-9-4-3-5-10-20/h3-16,21,25,27H,17H2,1-2H3. The summed E-state index contributed by atoms with van der Waals surface area (Å²) in [6.07, 6.45) is 6.11. The molecule has 0 heterocycles. The molecule has 4 rings (SSSR count). The average molecular weight is 355 g/mol. The third kappa shape index (κ3) is 3.59. The lowest BCUT2D eigenvalue weighted by atomic mass is 9.86. The smallest absolute Gasteiger partial charge is 0.105 e. The van der Waals surface area contributed by atoms with E-state index in [1.807, 2.05) is 42.5 Å². The lowest BCUT2D eigenvalue weighted by Gasteiger charge is -2.21. The molecule has 0 saturated carbocycles. The molecular formula is C25H25NO. The van der Waals surface area contributed by atoms with Crippen LogP contribution in [0.5, 0.6) is 0 Å². The van der Waals surface area contributed by atoms with Gasteiger partial charge in [0.05, 0.1) is 0 Å². The minimum Gasteiger partial charge on any atom is -0.384 e. The zero-order chi connectivity index (χ0) is 18.8. The van der Waals surface area contributed by atoms with Gasteiger partial charge in [-0.3, -0.25) is 0 Å². The van der Waals surface area contributed by atoms with E-state index in [-0.39, 0.29) is 5.92 Å². The fourth-order valence-electron chi connectivity index (χ4n) is 3.94. The highest BCUT2D eigenvalue weighted by Gasteiger charge is 2.22. The third-order valence-corrected chi connectivity index (χ3v) is 5.16. The first kappa shape index (κ1) is 17.7. The van der Waals surface area contributed by atoms with Gasteiger partial charge in [-0.05, 0) is 47.1 Å². The predicted octanol–water partition coefficient (Wildman–Crippen LogP) is 5.06. The van der Waals surface area contributed by atoms with Gasteiger partial charge in [0.1, 0.15) is 6.10 Å². The van der Waals surface area contributed by atoms with Crippen molar-refractivity contribution in [1.82, 2.24) is 4.90 Å². The number of fused-ring (bicyclic) bond motifs is 1. The minimum atomic E-state index is -0.646. The Labute approximate surface area is 161 Å². The van der Waals surface area contributed by atoms with Crippen LogP contribution >= 0.6 is 0 Å². The van der Waals surface area contributed by atoms with Crippen molar-refractivity contribution in [3.8, 4) is 0 Å². The number of hydrogen-bond acceptors (Lipinski definition) is 2. The molecule has 136 valence electrons. The summed E-state index contributed by atoms with van der Waals surface area (Å²) < 4.78 is 0. The zero-order valence-electron chi connectivity index (χ0n) is 15.8. The first-order chi connectivity index (χ1) is 13.1. The van der Waals surface area contributed by atoms with Crippen LogP contribution in [0.3, 0.4) is 0 Å². The largest absolute Gasteiger partial charge is 0.384 e. The van der Waals surface area contributed by atoms with E-state index in [0.29, 0.717) is 0 Å². The van der Waals surface area contributed by atoms with Crippen molar-refractivity contribution in [2.75, 3.05) is 20.6 Å². The highest BCUT2D eigenvalue weighted by atomic mass is 16.3. The Kier molecular flexibility index (Phi) is 4.93. The summed E-state index contributed by atoms with van der Waals surface area (Å²) in [7, 11) is 4.17. The van der Waals surface area contributed by atoms with Crippen LogP contribution in [-0.4, -0.2) is 30.6 Å². The number of hydrogen-bond donors (Lipinski definition) is 1. The minimum absolute atomic E-state index is 0.193. The Hall–Kier alpha value is -2.68. The summed E-state index contributed by atoms with van der Waals surface area (Å²) in [5.74, 6) is 0.193. The molecule has 0 amide bonds. The molecule has 2 nitrogen and oxygen atoms in total. The number of nitrogens with zero attached hydrogens (tertiary/aromatic N) is 1. The van der Waals surface area contributed by atoms with Gasteiger partial charge in [-0.1, -0.05) is 85.0 Å². The molecule has 0 bridgehead atoms. The van der Waals surface area contributed by atoms with Crippen molar-refractivity contribution < 1.29 is 5.11 Å². The number of rotatable bonds is 5. The van der Waals surface area contributed by atoms with Crippen molar-refractivity contribution >= 4 is 10.8 Å². The van der Waals surface area contributed by atoms with Crippen LogP contribution in [0.2, 0.25) is 0 Å². The van der Waals surface area contributed by atoms with Crippen molar-refractivity contribution in [1.29, 1.82) is 0 Å². The molecule has 2 unspecified atom stereocenters. The van der Waals surface area contributed by atoms with Gasteiger partial charge in [-0.2, -0.15) is 0 Å². The van der Waals surface area contributed by atoms with Gasteiger partial charge >= 0.3 is 0 Å². The van der Waals surface area contributed by atoms with E-state index in [1.54, 1.807) is 0 Å². The van der Waals surface area contributed by atoms with E-state index in [1.165, 1.54) is 11.1 Å². The molecule has 3 aromatic rings.